The molecule has 0 bridgehead atoms. The number of carbonyl (C=O) groups is 1. The van der Waals surface area contributed by atoms with Crippen LogP contribution in [-0.2, 0) is 0 Å². The molecule has 66 valence electrons. The molecule has 0 aliphatic heterocycles. The Hall–Kier alpha value is -1.36. The second-order valence-electron chi connectivity index (χ2n) is 2.56. The van der Waals surface area contributed by atoms with Crippen LogP contribution >= 0.6 is 15.9 Å². The summed E-state index contributed by atoms with van der Waals surface area (Å²) in [5, 5.41) is 4.82. The number of halogens is 1. The first-order chi connectivity index (χ1) is 6.20. The lowest BCUT2D eigenvalue weighted by Gasteiger charge is -1.94. The van der Waals surface area contributed by atoms with Crippen LogP contribution in [0.3, 0.4) is 0 Å². The zero-order valence-electron chi connectivity index (χ0n) is 6.57. The van der Waals surface area contributed by atoms with Crippen molar-refractivity contribution in [2.45, 2.75) is 0 Å². The van der Waals surface area contributed by atoms with Crippen molar-refractivity contribution in [1.29, 1.82) is 0 Å². The Balaban J connectivity index is 2.85. The SMILES string of the molecule is NC(=O)n1nc(Br)c2ccccc21. The van der Waals surface area contributed by atoms with Gasteiger partial charge in [0.05, 0.1) is 5.52 Å². The summed E-state index contributed by atoms with van der Waals surface area (Å²) < 4.78 is 1.79. The van der Waals surface area contributed by atoms with Gasteiger partial charge in [-0.25, -0.2) is 4.79 Å². The molecule has 1 amide bonds. The fourth-order valence-electron chi connectivity index (χ4n) is 1.20. The maximum absolute atomic E-state index is 10.9. The molecule has 0 radical (unpaired) electrons. The van der Waals surface area contributed by atoms with Crippen LogP contribution in [0, 0.1) is 0 Å². The number of nitrogens with two attached hydrogens (primary N) is 1. The second kappa shape index (κ2) is 2.85. The molecule has 1 aromatic carbocycles. The molecule has 13 heavy (non-hydrogen) atoms. The topological polar surface area (TPSA) is 60.9 Å². The van der Waals surface area contributed by atoms with Crippen molar-refractivity contribution in [3.63, 3.8) is 0 Å². The highest BCUT2D eigenvalue weighted by molar-refractivity contribution is 9.10. The predicted octanol–water partition coefficient (Wildman–Crippen LogP) is 1.73. The number of rotatable bonds is 0. The Morgan fingerprint density at radius 2 is 2.15 bits per heavy atom. The molecule has 0 aliphatic rings. The number of benzene rings is 1. The van der Waals surface area contributed by atoms with E-state index in [1.54, 1.807) is 6.07 Å². The van der Waals surface area contributed by atoms with Crippen LogP contribution in [0.1, 0.15) is 0 Å². The molecule has 5 heteroatoms. The molecule has 0 saturated carbocycles. The summed E-state index contributed by atoms with van der Waals surface area (Å²) in [5.74, 6) is 0. The van der Waals surface area contributed by atoms with E-state index in [4.69, 9.17) is 5.73 Å². The van der Waals surface area contributed by atoms with Gasteiger partial charge in [-0.15, -0.1) is 0 Å². The quantitative estimate of drug-likeness (QED) is 0.762. The Kier molecular flexibility index (Phi) is 1.81. The van der Waals surface area contributed by atoms with Crippen molar-refractivity contribution in [2.75, 3.05) is 0 Å². The summed E-state index contributed by atoms with van der Waals surface area (Å²) in [5.41, 5.74) is 5.84. The van der Waals surface area contributed by atoms with Gasteiger partial charge in [-0.3, -0.25) is 0 Å². The van der Waals surface area contributed by atoms with Crippen molar-refractivity contribution in [2.24, 2.45) is 5.73 Å². The predicted molar refractivity (Wildman–Crippen MR) is 52.4 cm³/mol. The van der Waals surface area contributed by atoms with Gasteiger partial charge in [0, 0.05) is 5.39 Å². The monoisotopic (exact) mass is 239 g/mol. The van der Waals surface area contributed by atoms with E-state index in [0.29, 0.717) is 10.1 Å². The maximum Gasteiger partial charge on any atom is 0.340 e. The lowest BCUT2D eigenvalue weighted by atomic mass is 10.3. The molecule has 2 aromatic rings. The van der Waals surface area contributed by atoms with Crippen molar-refractivity contribution >= 4 is 32.9 Å². The van der Waals surface area contributed by atoms with Crippen LogP contribution in [0.15, 0.2) is 28.9 Å². The van der Waals surface area contributed by atoms with Crippen molar-refractivity contribution < 1.29 is 4.79 Å². The van der Waals surface area contributed by atoms with Crippen molar-refractivity contribution in [3.8, 4) is 0 Å². The van der Waals surface area contributed by atoms with Crippen LogP contribution in [-0.4, -0.2) is 15.8 Å². The number of carbonyl (C=O) groups excluding carboxylic acids is 1. The van der Waals surface area contributed by atoms with E-state index in [9.17, 15) is 4.79 Å². The number of aromatic nitrogens is 2. The van der Waals surface area contributed by atoms with E-state index in [-0.39, 0.29) is 0 Å². The third-order valence-electron chi connectivity index (χ3n) is 1.75. The van der Waals surface area contributed by atoms with Gasteiger partial charge in [-0.05, 0) is 22.0 Å². The van der Waals surface area contributed by atoms with Crippen LogP contribution in [0.2, 0.25) is 0 Å². The number of para-hydroxylation sites is 1. The molecule has 1 heterocycles. The molecular formula is C8H6BrN3O. The largest absolute Gasteiger partial charge is 0.350 e. The molecule has 4 nitrogen and oxygen atoms in total. The first-order valence-electron chi connectivity index (χ1n) is 3.63. The van der Waals surface area contributed by atoms with Gasteiger partial charge in [0.1, 0.15) is 4.60 Å². The zero-order chi connectivity index (χ0) is 9.42. The van der Waals surface area contributed by atoms with Crippen LogP contribution in [0.5, 0.6) is 0 Å². The van der Waals surface area contributed by atoms with Crippen LogP contribution in [0.4, 0.5) is 4.79 Å². The second-order valence-corrected chi connectivity index (χ2v) is 3.31. The molecular weight excluding hydrogens is 234 g/mol. The van der Waals surface area contributed by atoms with Gasteiger partial charge in [0.2, 0.25) is 0 Å². The minimum Gasteiger partial charge on any atom is -0.350 e. The number of primary amides is 1. The number of fused-ring (bicyclic) bond motifs is 1. The molecule has 0 saturated heterocycles. The number of amides is 1. The fourth-order valence-corrected chi connectivity index (χ4v) is 1.69. The normalized spacial score (nSPS) is 10.5. The van der Waals surface area contributed by atoms with E-state index in [2.05, 4.69) is 21.0 Å². The Morgan fingerprint density at radius 3 is 2.85 bits per heavy atom. The van der Waals surface area contributed by atoms with Crippen molar-refractivity contribution in [1.82, 2.24) is 9.78 Å². The van der Waals surface area contributed by atoms with Gasteiger partial charge >= 0.3 is 6.03 Å². The summed E-state index contributed by atoms with van der Waals surface area (Å²) in [6.07, 6.45) is 0. The zero-order valence-corrected chi connectivity index (χ0v) is 8.15. The minimum absolute atomic E-state index is 0.582. The van der Waals surface area contributed by atoms with E-state index < -0.39 is 6.03 Å². The van der Waals surface area contributed by atoms with E-state index in [1.807, 2.05) is 18.2 Å². The molecule has 1 aromatic heterocycles. The Labute approximate surface area is 82.5 Å². The Morgan fingerprint density at radius 1 is 1.46 bits per heavy atom. The van der Waals surface area contributed by atoms with Crippen LogP contribution in [0.25, 0.3) is 10.9 Å². The smallest absolute Gasteiger partial charge is 0.340 e. The summed E-state index contributed by atoms with van der Waals surface area (Å²) in [6.45, 7) is 0. The van der Waals surface area contributed by atoms with Crippen molar-refractivity contribution in [3.05, 3.63) is 28.9 Å². The third kappa shape index (κ3) is 1.21. The molecule has 2 rings (SSSR count). The minimum atomic E-state index is -0.582. The first-order valence-corrected chi connectivity index (χ1v) is 4.42. The van der Waals surface area contributed by atoms with E-state index >= 15 is 0 Å². The average molecular weight is 240 g/mol. The average Bonchev–Trinajstić information content (AvgIpc) is 2.45. The number of nitrogens with zero attached hydrogens (tertiary/aromatic N) is 2. The molecule has 2 N–H and O–H groups in total. The molecule has 0 aliphatic carbocycles. The number of hydrogen-bond donors (Lipinski definition) is 1. The molecule has 0 fully saturated rings. The van der Waals surface area contributed by atoms with Gasteiger partial charge < -0.3 is 5.73 Å². The first kappa shape index (κ1) is 8.25. The lowest BCUT2D eigenvalue weighted by Crippen LogP contribution is -2.20. The third-order valence-corrected chi connectivity index (χ3v) is 2.34. The maximum atomic E-state index is 10.9. The standard InChI is InChI=1S/C8H6BrN3O/c9-7-5-3-1-2-4-6(5)12(11-7)8(10)13/h1-4H,(H2,10,13). The van der Waals surface area contributed by atoms with Gasteiger partial charge in [0.25, 0.3) is 0 Å². The molecule has 0 spiro atoms. The lowest BCUT2D eigenvalue weighted by molar-refractivity contribution is 0.248. The van der Waals surface area contributed by atoms with E-state index in [1.165, 1.54) is 4.68 Å². The fraction of sp³-hybridized carbons (Fsp3) is 0. The summed E-state index contributed by atoms with van der Waals surface area (Å²) >= 11 is 3.25. The van der Waals surface area contributed by atoms with E-state index in [0.717, 1.165) is 5.39 Å². The summed E-state index contributed by atoms with van der Waals surface area (Å²) in [6, 6.07) is 6.78. The molecule has 0 atom stereocenters. The highest BCUT2D eigenvalue weighted by atomic mass is 79.9. The van der Waals surface area contributed by atoms with Crippen LogP contribution < -0.4 is 5.73 Å². The summed E-state index contributed by atoms with van der Waals surface area (Å²) in [4.78, 5) is 10.9. The Bertz CT molecular complexity index is 477. The highest BCUT2D eigenvalue weighted by Crippen LogP contribution is 2.22. The highest BCUT2D eigenvalue weighted by Gasteiger charge is 2.09. The number of hydrogen-bond acceptors (Lipinski definition) is 2. The molecule has 0 unspecified atom stereocenters. The van der Waals surface area contributed by atoms with Gasteiger partial charge in [0.15, 0.2) is 0 Å². The van der Waals surface area contributed by atoms with Gasteiger partial charge in [-0.1, -0.05) is 18.2 Å². The van der Waals surface area contributed by atoms with Gasteiger partial charge in [-0.2, -0.15) is 9.78 Å². The summed E-state index contributed by atoms with van der Waals surface area (Å²) in [7, 11) is 0.